The van der Waals surface area contributed by atoms with Crippen LogP contribution in [0, 0.1) is 11.7 Å². The number of carbonyl (C=O) groups is 2. The van der Waals surface area contributed by atoms with Gasteiger partial charge < -0.3 is 4.90 Å². The summed E-state index contributed by atoms with van der Waals surface area (Å²) in [5.74, 6) is -0.998. The third kappa shape index (κ3) is 4.75. The molecule has 0 aliphatic carbocycles. The molecule has 142 valence electrons. The molecule has 1 fully saturated rings. The molecule has 1 saturated heterocycles. The summed E-state index contributed by atoms with van der Waals surface area (Å²) in [5.41, 5.74) is 1.67. The van der Waals surface area contributed by atoms with E-state index in [0.29, 0.717) is 30.7 Å². The van der Waals surface area contributed by atoms with E-state index in [4.69, 9.17) is 11.6 Å². The lowest BCUT2D eigenvalue weighted by atomic mass is 9.95. The second-order valence-corrected chi connectivity index (χ2v) is 7.57. The standard InChI is InChI=1S/C22H23ClFNO2/c1-15-11-20(22(27)25(15)19-8-3-2-4-9-19)21(26)10-6-5-7-16-12-17(23)14-18(24)13-16/h2-4,8-9,12-15,20H,5-7,10-11H2,1H3. The van der Waals surface area contributed by atoms with Crippen molar-refractivity contribution >= 4 is 29.0 Å². The molecule has 3 nitrogen and oxygen atoms in total. The van der Waals surface area contributed by atoms with E-state index in [1.165, 1.54) is 12.1 Å². The number of amides is 1. The Morgan fingerprint density at radius 1 is 1.19 bits per heavy atom. The van der Waals surface area contributed by atoms with Crippen LogP contribution in [0.2, 0.25) is 5.02 Å². The minimum atomic E-state index is -0.552. The molecule has 2 aromatic carbocycles. The van der Waals surface area contributed by atoms with Crippen LogP contribution in [0.3, 0.4) is 0 Å². The summed E-state index contributed by atoms with van der Waals surface area (Å²) in [6.07, 6.45) is 3.03. The monoisotopic (exact) mass is 387 g/mol. The first kappa shape index (κ1) is 19.6. The maximum atomic E-state index is 13.3. The predicted molar refractivity (Wildman–Crippen MR) is 105 cm³/mol. The van der Waals surface area contributed by atoms with E-state index < -0.39 is 5.92 Å². The van der Waals surface area contributed by atoms with Crippen molar-refractivity contribution in [3.05, 3.63) is 64.9 Å². The van der Waals surface area contributed by atoms with Gasteiger partial charge in [-0.05, 0) is 68.5 Å². The van der Waals surface area contributed by atoms with Gasteiger partial charge in [0, 0.05) is 23.2 Å². The summed E-state index contributed by atoms with van der Waals surface area (Å²) in [6, 6.07) is 14.0. The maximum Gasteiger partial charge on any atom is 0.237 e. The highest BCUT2D eigenvalue weighted by atomic mass is 35.5. The Morgan fingerprint density at radius 3 is 2.63 bits per heavy atom. The fourth-order valence-corrected chi connectivity index (χ4v) is 3.97. The lowest BCUT2D eigenvalue weighted by Crippen LogP contribution is -2.33. The molecular formula is C22H23ClFNO2. The molecule has 0 saturated carbocycles. The van der Waals surface area contributed by atoms with Crippen LogP contribution in [-0.4, -0.2) is 17.7 Å². The van der Waals surface area contributed by atoms with Gasteiger partial charge in [0.15, 0.2) is 0 Å². The van der Waals surface area contributed by atoms with E-state index in [1.54, 1.807) is 11.0 Å². The zero-order valence-electron chi connectivity index (χ0n) is 15.3. The van der Waals surface area contributed by atoms with Gasteiger partial charge in [-0.25, -0.2) is 4.39 Å². The Labute approximate surface area is 164 Å². The third-order valence-corrected chi connectivity index (χ3v) is 5.26. The van der Waals surface area contributed by atoms with Crippen LogP contribution in [-0.2, 0) is 16.0 Å². The van der Waals surface area contributed by atoms with Crippen LogP contribution in [0.4, 0.5) is 10.1 Å². The molecule has 3 rings (SSSR count). The van der Waals surface area contributed by atoms with Crippen LogP contribution in [0.25, 0.3) is 0 Å². The topological polar surface area (TPSA) is 37.4 Å². The van der Waals surface area contributed by atoms with Gasteiger partial charge in [-0.1, -0.05) is 29.8 Å². The average Bonchev–Trinajstić information content (AvgIpc) is 2.93. The number of halogens is 2. The number of anilines is 1. The average molecular weight is 388 g/mol. The van der Waals surface area contributed by atoms with Crippen molar-refractivity contribution in [2.75, 3.05) is 4.90 Å². The van der Waals surface area contributed by atoms with E-state index in [2.05, 4.69) is 0 Å². The molecular weight excluding hydrogens is 365 g/mol. The van der Waals surface area contributed by atoms with Gasteiger partial charge in [0.25, 0.3) is 0 Å². The molecule has 27 heavy (non-hydrogen) atoms. The van der Waals surface area contributed by atoms with Crippen molar-refractivity contribution < 1.29 is 14.0 Å². The smallest absolute Gasteiger partial charge is 0.237 e. The number of rotatable bonds is 7. The molecule has 0 aromatic heterocycles. The Balaban J connectivity index is 1.52. The molecule has 1 heterocycles. The number of hydrogen-bond donors (Lipinski definition) is 0. The molecule has 0 N–H and O–H groups in total. The molecule has 2 unspecified atom stereocenters. The van der Waals surface area contributed by atoms with E-state index in [-0.39, 0.29) is 23.5 Å². The number of aryl methyl sites for hydroxylation is 1. The summed E-state index contributed by atoms with van der Waals surface area (Å²) in [7, 11) is 0. The van der Waals surface area contributed by atoms with Crippen molar-refractivity contribution in [1.82, 2.24) is 0 Å². The zero-order chi connectivity index (χ0) is 19.4. The minimum absolute atomic E-state index is 0.00237. The Morgan fingerprint density at radius 2 is 1.93 bits per heavy atom. The van der Waals surface area contributed by atoms with Gasteiger partial charge in [0.2, 0.25) is 5.91 Å². The molecule has 1 aliphatic heterocycles. The van der Waals surface area contributed by atoms with E-state index in [9.17, 15) is 14.0 Å². The molecule has 0 radical (unpaired) electrons. The summed E-state index contributed by atoms with van der Waals surface area (Å²) in [6.45, 7) is 1.98. The normalized spacial score (nSPS) is 19.5. The number of carbonyl (C=O) groups excluding carboxylic acids is 2. The molecule has 1 aliphatic rings. The highest BCUT2D eigenvalue weighted by Crippen LogP contribution is 2.31. The van der Waals surface area contributed by atoms with Crippen LogP contribution in [0.5, 0.6) is 0 Å². The maximum absolute atomic E-state index is 13.3. The van der Waals surface area contributed by atoms with Gasteiger partial charge >= 0.3 is 0 Å². The van der Waals surface area contributed by atoms with Crippen LogP contribution >= 0.6 is 11.6 Å². The molecule has 1 amide bonds. The van der Waals surface area contributed by atoms with Gasteiger partial charge in [-0.3, -0.25) is 9.59 Å². The minimum Gasteiger partial charge on any atom is -0.309 e. The Kier molecular flexibility index (Phi) is 6.27. The van der Waals surface area contributed by atoms with Crippen LogP contribution < -0.4 is 4.90 Å². The highest BCUT2D eigenvalue weighted by Gasteiger charge is 2.41. The van der Waals surface area contributed by atoms with Crippen LogP contribution in [0.1, 0.15) is 38.2 Å². The number of benzene rings is 2. The number of nitrogens with zero attached hydrogens (tertiary/aromatic N) is 1. The second-order valence-electron chi connectivity index (χ2n) is 7.13. The second kappa shape index (κ2) is 8.66. The van der Waals surface area contributed by atoms with E-state index >= 15 is 0 Å². The third-order valence-electron chi connectivity index (χ3n) is 5.04. The summed E-state index contributed by atoms with van der Waals surface area (Å²) < 4.78 is 13.3. The highest BCUT2D eigenvalue weighted by molar-refractivity contribution is 6.30. The molecule has 2 atom stereocenters. The van der Waals surface area contributed by atoms with Crippen molar-refractivity contribution in [3.8, 4) is 0 Å². The molecule has 0 spiro atoms. The van der Waals surface area contributed by atoms with Gasteiger partial charge in [0.05, 0.1) is 5.92 Å². The number of ketones is 1. The summed E-state index contributed by atoms with van der Waals surface area (Å²) >= 11 is 5.86. The first-order chi connectivity index (χ1) is 13.0. The predicted octanol–water partition coefficient (Wildman–Crippen LogP) is 5.20. The molecule has 2 aromatic rings. The molecule has 5 heteroatoms. The Bertz CT molecular complexity index is 804. The largest absolute Gasteiger partial charge is 0.309 e. The van der Waals surface area contributed by atoms with Gasteiger partial charge in [-0.2, -0.15) is 0 Å². The number of unbranched alkanes of at least 4 members (excludes halogenated alkanes) is 1. The summed E-state index contributed by atoms with van der Waals surface area (Å²) in [4.78, 5) is 27.0. The lowest BCUT2D eigenvalue weighted by Gasteiger charge is -2.21. The van der Waals surface area contributed by atoms with E-state index in [1.807, 2.05) is 37.3 Å². The number of Topliss-reactive ketones (excluding diaryl/α,β-unsaturated/α-hetero) is 1. The summed E-state index contributed by atoms with van der Waals surface area (Å²) in [5, 5.41) is 0.382. The van der Waals surface area contributed by atoms with Crippen molar-refractivity contribution in [1.29, 1.82) is 0 Å². The van der Waals surface area contributed by atoms with E-state index in [0.717, 1.165) is 17.7 Å². The number of hydrogen-bond acceptors (Lipinski definition) is 2. The Hall–Kier alpha value is -2.20. The first-order valence-electron chi connectivity index (χ1n) is 9.31. The van der Waals surface area contributed by atoms with Crippen molar-refractivity contribution in [2.24, 2.45) is 5.92 Å². The SMILES string of the molecule is CC1CC(C(=O)CCCCc2cc(F)cc(Cl)c2)C(=O)N1c1ccccc1. The number of para-hydroxylation sites is 1. The van der Waals surface area contributed by atoms with Gasteiger partial charge in [-0.15, -0.1) is 0 Å². The first-order valence-corrected chi connectivity index (χ1v) is 9.69. The van der Waals surface area contributed by atoms with Gasteiger partial charge in [0.1, 0.15) is 11.6 Å². The fourth-order valence-electron chi connectivity index (χ4n) is 3.73. The quantitative estimate of drug-likeness (QED) is 0.483. The lowest BCUT2D eigenvalue weighted by molar-refractivity contribution is -0.130. The fraction of sp³-hybridized carbons (Fsp3) is 0.364. The molecule has 0 bridgehead atoms. The zero-order valence-corrected chi connectivity index (χ0v) is 16.1. The van der Waals surface area contributed by atoms with Crippen molar-refractivity contribution in [2.45, 2.75) is 45.1 Å². The van der Waals surface area contributed by atoms with Crippen LogP contribution in [0.15, 0.2) is 48.5 Å². The van der Waals surface area contributed by atoms with Crippen molar-refractivity contribution in [3.63, 3.8) is 0 Å².